The molecule has 3 rings (SSSR count). The van der Waals surface area contributed by atoms with E-state index in [1.165, 1.54) is 4.88 Å². The predicted octanol–water partition coefficient (Wildman–Crippen LogP) is 2.53. The summed E-state index contributed by atoms with van der Waals surface area (Å²) < 4.78 is 5.69. The van der Waals surface area contributed by atoms with E-state index in [0.29, 0.717) is 24.6 Å². The largest absolute Gasteiger partial charge is 0.464 e. The summed E-state index contributed by atoms with van der Waals surface area (Å²) in [7, 11) is 2.08. The summed E-state index contributed by atoms with van der Waals surface area (Å²) in [6.45, 7) is 4.55. The number of esters is 1. The molecule has 2 N–H and O–H groups in total. The second-order valence-electron chi connectivity index (χ2n) is 7.31. The van der Waals surface area contributed by atoms with Crippen LogP contribution in [0.25, 0.3) is 0 Å². The molecule has 0 bridgehead atoms. The molecule has 0 saturated carbocycles. The summed E-state index contributed by atoms with van der Waals surface area (Å²) in [6.07, 6.45) is 1.03. The number of hydrogen-bond acceptors (Lipinski definition) is 6. The number of ether oxygens (including phenoxy) is 1. The number of carbonyl (C=O) groups is 1. The fourth-order valence-electron chi connectivity index (χ4n) is 3.52. The third kappa shape index (κ3) is 4.76. The van der Waals surface area contributed by atoms with Gasteiger partial charge in [-0.2, -0.15) is 0 Å². The molecule has 0 radical (unpaired) electrons. The highest BCUT2D eigenvalue weighted by Gasteiger charge is 2.41. The van der Waals surface area contributed by atoms with Crippen LogP contribution < -0.4 is 5.32 Å². The van der Waals surface area contributed by atoms with Gasteiger partial charge >= 0.3 is 5.97 Å². The number of likely N-dealkylation sites (tertiary alicyclic amines) is 1. The van der Waals surface area contributed by atoms with Crippen molar-refractivity contribution in [2.24, 2.45) is 5.92 Å². The fourth-order valence-corrected chi connectivity index (χ4v) is 4.35. The van der Waals surface area contributed by atoms with Gasteiger partial charge in [0.05, 0.1) is 13.2 Å². The third-order valence-electron chi connectivity index (χ3n) is 5.15. The van der Waals surface area contributed by atoms with E-state index in [9.17, 15) is 9.90 Å². The lowest BCUT2D eigenvalue weighted by atomic mass is 9.90. The van der Waals surface area contributed by atoms with Crippen molar-refractivity contribution in [1.29, 1.82) is 0 Å². The van der Waals surface area contributed by atoms with Crippen LogP contribution in [0, 0.1) is 12.8 Å². The van der Waals surface area contributed by atoms with Crippen LogP contribution in [-0.4, -0.2) is 49.3 Å². The number of rotatable bonds is 8. The molecule has 5 nitrogen and oxygen atoms in total. The Kier molecular flexibility index (Phi) is 6.65. The monoisotopic (exact) mass is 388 g/mol. The van der Waals surface area contributed by atoms with Gasteiger partial charge in [-0.1, -0.05) is 30.3 Å². The zero-order valence-electron chi connectivity index (χ0n) is 16.0. The maximum absolute atomic E-state index is 13.1. The molecule has 27 heavy (non-hydrogen) atoms. The maximum atomic E-state index is 13.1. The van der Waals surface area contributed by atoms with Gasteiger partial charge in [0.15, 0.2) is 5.54 Å². The molecule has 2 heterocycles. The first-order valence-electron chi connectivity index (χ1n) is 9.36. The number of aliphatic hydroxyl groups excluding tert-OH is 1. The van der Waals surface area contributed by atoms with Crippen molar-refractivity contribution in [2.45, 2.75) is 25.4 Å². The van der Waals surface area contributed by atoms with E-state index in [1.54, 1.807) is 11.3 Å². The van der Waals surface area contributed by atoms with Gasteiger partial charge in [0, 0.05) is 28.8 Å². The van der Waals surface area contributed by atoms with Crippen LogP contribution in [0.1, 0.15) is 21.7 Å². The Labute approximate surface area is 165 Å². The molecule has 2 atom stereocenters. The molecule has 2 unspecified atom stereocenters. The van der Waals surface area contributed by atoms with E-state index in [4.69, 9.17) is 4.74 Å². The number of thiophene rings is 1. The first kappa shape index (κ1) is 20.0. The molecule has 6 heteroatoms. The second kappa shape index (κ2) is 8.97. The molecule has 0 aliphatic carbocycles. The smallest absolute Gasteiger partial charge is 0.333 e. The Balaban J connectivity index is 1.76. The Bertz CT molecular complexity index is 749. The maximum Gasteiger partial charge on any atom is 0.333 e. The number of nitrogens with one attached hydrogen (secondary N) is 1. The molecule has 1 aliphatic rings. The molecule has 1 fully saturated rings. The predicted molar refractivity (Wildman–Crippen MR) is 108 cm³/mol. The van der Waals surface area contributed by atoms with Crippen molar-refractivity contribution in [3.05, 3.63) is 57.8 Å². The lowest BCUT2D eigenvalue weighted by molar-refractivity contribution is -0.155. The van der Waals surface area contributed by atoms with Crippen LogP contribution in [0.2, 0.25) is 0 Å². The zero-order valence-corrected chi connectivity index (χ0v) is 16.8. The molecular weight excluding hydrogens is 360 g/mol. The minimum Gasteiger partial charge on any atom is -0.464 e. The number of carbonyl (C=O) groups excluding carboxylic acids is 1. The summed E-state index contributed by atoms with van der Waals surface area (Å²) in [4.78, 5) is 17.7. The molecule has 1 aliphatic heterocycles. The fraction of sp³-hybridized carbons (Fsp3) is 0.476. The minimum absolute atomic E-state index is 0.353. The number of hydrogen-bond donors (Lipinski definition) is 2. The van der Waals surface area contributed by atoms with E-state index in [-0.39, 0.29) is 6.61 Å². The quantitative estimate of drug-likeness (QED) is 0.681. The Morgan fingerprint density at radius 1 is 1.33 bits per heavy atom. The molecular formula is C21H28N2O3S. The third-order valence-corrected chi connectivity index (χ3v) is 6.15. The second-order valence-corrected chi connectivity index (χ2v) is 8.68. The Hall–Kier alpha value is -1.73. The molecule has 0 spiro atoms. The van der Waals surface area contributed by atoms with Gasteiger partial charge in [0.1, 0.15) is 0 Å². The van der Waals surface area contributed by atoms with Gasteiger partial charge in [0.25, 0.3) is 0 Å². The number of aliphatic hydroxyl groups is 1. The van der Waals surface area contributed by atoms with Crippen molar-refractivity contribution >= 4 is 17.3 Å². The van der Waals surface area contributed by atoms with E-state index >= 15 is 0 Å². The SMILES string of the molecule is Cc1ccc(CNC(CO)(C(=O)OCC2CCN(C)C2)c2ccccc2)s1. The first-order chi connectivity index (χ1) is 13.0. The molecule has 1 aromatic heterocycles. The van der Waals surface area contributed by atoms with Gasteiger partial charge in [-0.25, -0.2) is 4.79 Å². The first-order valence-corrected chi connectivity index (χ1v) is 10.2. The minimum atomic E-state index is -1.26. The summed E-state index contributed by atoms with van der Waals surface area (Å²) >= 11 is 1.68. The Morgan fingerprint density at radius 3 is 2.70 bits per heavy atom. The van der Waals surface area contributed by atoms with E-state index in [0.717, 1.165) is 24.4 Å². The van der Waals surface area contributed by atoms with Crippen molar-refractivity contribution in [1.82, 2.24) is 10.2 Å². The van der Waals surface area contributed by atoms with Crippen LogP contribution in [0.4, 0.5) is 0 Å². The van der Waals surface area contributed by atoms with Crippen LogP contribution >= 0.6 is 11.3 Å². The topological polar surface area (TPSA) is 61.8 Å². The number of nitrogens with zero attached hydrogens (tertiary/aromatic N) is 1. The summed E-state index contributed by atoms with van der Waals surface area (Å²) in [5.74, 6) is -0.0647. The van der Waals surface area contributed by atoms with Gasteiger partial charge < -0.3 is 14.7 Å². The van der Waals surface area contributed by atoms with E-state index in [1.807, 2.05) is 36.4 Å². The zero-order chi connectivity index (χ0) is 19.3. The standard InChI is InChI=1S/C21H28N2O3S/c1-16-8-9-19(27-16)12-22-21(15-24,18-6-4-3-5-7-18)20(25)26-14-17-10-11-23(2)13-17/h3-9,17,22,24H,10-15H2,1-2H3. The average Bonchev–Trinajstić information content (AvgIpc) is 3.29. The van der Waals surface area contributed by atoms with Gasteiger partial charge in [-0.3, -0.25) is 5.32 Å². The van der Waals surface area contributed by atoms with Crippen molar-refractivity contribution in [3.8, 4) is 0 Å². The normalized spacial score (nSPS) is 19.7. The highest BCUT2D eigenvalue weighted by atomic mass is 32.1. The summed E-state index contributed by atoms with van der Waals surface area (Å²) in [6, 6.07) is 13.4. The average molecular weight is 389 g/mol. The van der Waals surface area contributed by atoms with Crippen LogP contribution in [0.15, 0.2) is 42.5 Å². The van der Waals surface area contributed by atoms with Crippen LogP contribution in [0.3, 0.4) is 0 Å². The van der Waals surface area contributed by atoms with Gasteiger partial charge in [0.2, 0.25) is 0 Å². The molecule has 2 aromatic rings. The molecule has 0 amide bonds. The lowest BCUT2D eigenvalue weighted by Gasteiger charge is -2.31. The van der Waals surface area contributed by atoms with Crippen molar-refractivity contribution in [3.63, 3.8) is 0 Å². The lowest BCUT2D eigenvalue weighted by Crippen LogP contribution is -2.53. The molecule has 146 valence electrons. The highest BCUT2D eigenvalue weighted by molar-refractivity contribution is 7.11. The summed E-state index contributed by atoms with van der Waals surface area (Å²) in [5.41, 5.74) is -0.543. The van der Waals surface area contributed by atoms with Crippen LogP contribution in [-0.2, 0) is 21.6 Å². The molecule has 1 saturated heterocycles. The summed E-state index contributed by atoms with van der Waals surface area (Å²) in [5, 5.41) is 13.5. The van der Waals surface area contributed by atoms with Crippen molar-refractivity contribution in [2.75, 3.05) is 33.4 Å². The van der Waals surface area contributed by atoms with Crippen molar-refractivity contribution < 1.29 is 14.6 Å². The number of aryl methyl sites for hydroxylation is 1. The van der Waals surface area contributed by atoms with E-state index < -0.39 is 11.5 Å². The van der Waals surface area contributed by atoms with Crippen LogP contribution in [0.5, 0.6) is 0 Å². The molecule has 1 aromatic carbocycles. The van der Waals surface area contributed by atoms with Gasteiger partial charge in [-0.15, -0.1) is 11.3 Å². The van der Waals surface area contributed by atoms with E-state index in [2.05, 4.69) is 30.3 Å². The highest BCUT2D eigenvalue weighted by Crippen LogP contribution is 2.26. The number of benzene rings is 1. The Morgan fingerprint density at radius 2 is 2.11 bits per heavy atom. The van der Waals surface area contributed by atoms with Gasteiger partial charge in [-0.05, 0) is 44.6 Å².